The largest absolute Gasteiger partial charge is 0.472 e. The highest BCUT2D eigenvalue weighted by molar-refractivity contribution is 5.10. The molecule has 0 saturated carbocycles. The van der Waals surface area contributed by atoms with Gasteiger partial charge >= 0.3 is 0 Å². The lowest BCUT2D eigenvalue weighted by Crippen LogP contribution is -2.11. The van der Waals surface area contributed by atoms with Crippen molar-refractivity contribution in [3.05, 3.63) is 54.2 Å². The number of nitrogens with one attached hydrogen (secondary N) is 1. The van der Waals surface area contributed by atoms with Gasteiger partial charge < -0.3 is 9.73 Å². The van der Waals surface area contributed by atoms with E-state index in [-0.39, 0.29) is 0 Å². The Morgan fingerprint density at radius 3 is 2.57 bits per heavy atom. The number of aromatic nitrogens is 1. The van der Waals surface area contributed by atoms with E-state index in [2.05, 4.69) is 10.3 Å². The first-order chi connectivity index (χ1) is 6.95. The molecule has 72 valence electrons. The third-order valence-corrected chi connectivity index (χ3v) is 1.99. The Morgan fingerprint density at radius 1 is 1.07 bits per heavy atom. The molecule has 0 unspecified atom stereocenters. The molecule has 2 heterocycles. The van der Waals surface area contributed by atoms with Gasteiger partial charge in [-0.25, -0.2) is 0 Å². The van der Waals surface area contributed by atoms with Crippen LogP contribution in [0, 0.1) is 0 Å². The van der Waals surface area contributed by atoms with Gasteiger partial charge in [-0.05, 0) is 23.8 Å². The average Bonchev–Trinajstić information content (AvgIpc) is 2.72. The molecular weight excluding hydrogens is 176 g/mol. The van der Waals surface area contributed by atoms with Crippen molar-refractivity contribution in [3.8, 4) is 0 Å². The lowest BCUT2D eigenvalue weighted by atomic mass is 10.2. The quantitative estimate of drug-likeness (QED) is 0.797. The maximum absolute atomic E-state index is 4.97. The first-order valence-corrected chi connectivity index (χ1v) is 4.56. The number of nitrogens with zero attached hydrogens (tertiary/aromatic N) is 1. The summed E-state index contributed by atoms with van der Waals surface area (Å²) in [5, 5.41) is 3.32. The Labute approximate surface area is 82.8 Å². The van der Waals surface area contributed by atoms with Gasteiger partial charge in [-0.15, -0.1) is 0 Å². The van der Waals surface area contributed by atoms with Crippen LogP contribution in [0.25, 0.3) is 0 Å². The van der Waals surface area contributed by atoms with Crippen LogP contribution in [-0.2, 0) is 13.1 Å². The molecule has 2 aromatic rings. The summed E-state index contributed by atoms with van der Waals surface area (Å²) in [5.74, 6) is 0. The number of pyridine rings is 1. The van der Waals surface area contributed by atoms with Crippen LogP contribution in [0.1, 0.15) is 11.1 Å². The van der Waals surface area contributed by atoms with Crippen molar-refractivity contribution >= 4 is 0 Å². The molecule has 3 nitrogen and oxygen atoms in total. The molecule has 0 aliphatic heterocycles. The van der Waals surface area contributed by atoms with Crippen LogP contribution in [0.5, 0.6) is 0 Å². The molecule has 2 aromatic heterocycles. The van der Waals surface area contributed by atoms with Gasteiger partial charge in [0, 0.05) is 31.0 Å². The highest BCUT2D eigenvalue weighted by Gasteiger charge is 1.94. The van der Waals surface area contributed by atoms with Crippen molar-refractivity contribution in [1.29, 1.82) is 0 Å². The number of rotatable bonds is 4. The van der Waals surface area contributed by atoms with Gasteiger partial charge in [0.05, 0.1) is 12.5 Å². The maximum Gasteiger partial charge on any atom is 0.0947 e. The van der Waals surface area contributed by atoms with E-state index >= 15 is 0 Å². The van der Waals surface area contributed by atoms with Gasteiger partial charge in [0.2, 0.25) is 0 Å². The van der Waals surface area contributed by atoms with E-state index in [9.17, 15) is 0 Å². The molecule has 1 N–H and O–H groups in total. The maximum atomic E-state index is 4.97. The molecule has 0 fully saturated rings. The van der Waals surface area contributed by atoms with Crippen LogP contribution in [0.4, 0.5) is 0 Å². The van der Waals surface area contributed by atoms with E-state index in [1.807, 2.05) is 18.2 Å². The van der Waals surface area contributed by atoms with E-state index in [0.717, 1.165) is 13.1 Å². The van der Waals surface area contributed by atoms with Crippen LogP contribution < -0.4 is 5.32 Å². The van der Waals surface area contributed by atoms with Gasteiger partial charge in [0.25, 0.3) is 0 Å². The SMILES string of the molecule is c1cc(CNCc2ccoc2)ccn1. The molecular formula is C11H12N2O. The predicted molar refractivity (Wildman–Crippen MR) is 53.5 cm³/mol. The molecule has 0 aliphatic carbocycles. The standard InChI is InChI=1S/C11H12N2O/c1-4-12-5-2-10(1)7-13-8-11-3-6-14-9-11/h1-6,9,13H,7-8H2. The lowest BCUT2D eigenvalue weighted by molar-refractivity contribution is 0.560. The minimum Gasteiger partial charge on any atom is -0.472 e. The summed E-state index contributed by atoms with van der Waals surface area (Å²) in [6, 6.07) is 5.96. The van der Waals surface area contributed by atoms with E-state index in [1.54, 1.807) is 24.9 Å². The van der Waals surface area contributed by atoms with Crippen LogP contribution in [0.15, 0.2) is 47.5 Å². The monoisotopic (exact) mass is 188 g/mol. The van der Waals surface area contributed by atoms with Crippen LogP contribution >= 0.6 is 0 Å². The topological polar surface area (TPSA) is 38.1 Å². The highest BCUT2D eigenvalue weighted by atomic mass is 16.3. The Balaban J connectivity index is 1.79. The van der Waals surface area contributed by atoms with Crippen LogP contribution in [-0.4, -0.2) is 4.98 Å². The third kappa shape index (κ3) is 2.44. The Hall–Kier alpha value is -1.61. The number of hydrogen-bond donors (Lipinski definition) is 1. The van der Waals surface area contributed by atoms with Gasteiger partial charge in [-0.3, -0.25) is 4.98 Å². The lowest BCUT2D eigenvalue weighted by Gasteiger charge is -2.01. The number of furan rings is 1. The van der Waals surface area contributed by atoms with Crippen LogP contribution in [0.3, 0.4) is 0 Å². The van der Waals surface area contributed by atoms with Crippen molar-refractivity contribution in [1.82, 2.24) is 10.3 Å². The Bertz CT molecular complexity index is 356. The molecule has 14 heavy (non-hydrogen) atoms. The molecule has 0 bridgehead atoms. The Kier molecular flexibility index (Phi) is 2.93. The van der Waals surface area contributed by atoms with Crippen LogP contribution in [0.2, 0.25) is 0 Å². The molecule has 2 rings (SSSR count). The van der Waals surface area contributed by atoms with E-state index < -0.39 is 0 Å². The molecule has 0 aliphatic rings. The predicted octanol–water partition coefficient (Wildman–Crippen LogP) is 1.96. The summed E-state index contributed by atoms with van der Waals surface area (Å²) in [7, 11) is 0. The molecule has 0 spiro atoms. The van der Waals surface area contributed by atoms with Crippen molar-refractivity contribution in [2.75, 3.05) is 0 Å². The summed E-state index contributed by atoms with van der Waals surface area (Å²) in [6.07, 6.45) is 7.03. The van der Waals surface area contributed by atoms with Crippen molar-refractivity contribution in [2.45, 2.75) is 13.1 Å². The minimum absolute atomic E-state index is 0.832. The summed E-state index contributed by atoms with van der Waals surface area (Å²) < 4.78 is 4.97. The minimum atomic E-state index is 0.832. The fourth-order valence-electron chi connectivity index (χ4n) is 1.25. The zero-order valence-electron chi connectivity index (χ0n) is 7.81. The zero-order valence-corrected chi connectivity index (χ0v) is 7.81. The second-order valence-electron chi connectivity index (χ2n) is 3.09. The molecule has 0 saturated heterocycles. The first-order valence-electron chi connectivity index (χ1n) is 4.56. The normalized spacial score (nSPS) is 10.3. The summed E-state index contributed by atoms with van der Waals surface area (Å²) in [4.78, 5) is 3.96. The first kappa shape index (κ1) is 8.97. The molecule has 0 atom stereocenters. The number of hydrogen-bond acceptors (Lipinski definition) is 3. The van der Waals surface area contributed by atoms with Gasteiger partial charge in [0.1, 0.15) is 0 Å². The van der Waals surface area contributed by atoms with E-state index in [4.69, 9.17) is 4.42 Å². The Morgan fingerprint density at radius 2 is 1.86 bits per heavy atom. The van der Waals surface area contributed by atoms with Crippen molar-refractivity contribution < 1.29 is 4.42 Å². The zero-order chi connectivity index (χ0) is 9.64. The summed E-state index contributed by atoms with van der Waals surface area (Å²) in [5.41, 5.74) is 2.41. The van der Waals surface area contributed by atoms with Crippen molar-refractivity contribution in [2.24, 2.45) is 0 Å². The molecule has 0 amide bonds. The molecule has 3 heteroatoms. The average molecular weight is 188 g/mol. The van der Waals surface area contributed by atoms with Gasteiger partial charge in [0.15, 0.2) is 0 Å². The second kappa shape index (κ2) is 4.58. The van der Waals surface area contributed by atoms with Gasteiger partial charge in [-0.2, -0.15) is 0 Å². The van der Waals surface area contributed by atoms with Crippen molar-refractivity contribution in [3.63, 3.8) is 0 Å². The second-order valence-corrected chi connectivity index (χ2v) is 3.09. The molecule has 0 radical (unpaired) electrons. The van der Waals surface area contributed by atoms with E-state index in [0.29, 0.717) is 0 Å². The summed E-state index contributed by atoms with van der Waals surface area (Å²) >= 11 is 0. The third-order valence-electron chi connectivity index (χ3n) is 1.99. The highest BCUT2D eigenvalue weighted by Crippen LogP contribution is 2.00. The summed E-state index contributed by atoms with van der Waals surface area (Å²) in [6.45, 7) is 1.69. The molecule has 0 aromatic carbocycles. The van der Waals surface area contributed by atoms with Gasteiger partial charge in [-0.1, -0.05) is 0 Å². The smallest absolute Gasteiger partial charge is 0.0947 e. The fraction of sp³-hybridized carbons (Fsp3) is 0.182. The fourth-order valence-corrected chi connectivity index (χ4v) is 1.25. The van der Waals surface area contributed by atoms with E-state index in [1.165, 1.54) is 11.1 Å².